The van der Waals surface area contributed by atoms with Crippen LogP contribution in [0, 0.1) is 0 Å². The zero-order valence-electron chi connectivity index (χ0n) is 9.94. The smallest absolute Gasteiger partial charge is 0.244 e. The van der Waals surface area contributed by atoms with E-state index in [1.807, 2.05) is 0 Å². The molecule has 0 aromatic heterocycles. The predicted octanol–water partition coefficient (Wildman–Crippen LogP) is 1.10. The van der Waals surface area contributed by atoms with E-state index in [1.165, 1.54) is 7.11 Å². The summed E-state index contributed by atoms with van der Waals surface area (Å²) < 4.78 is 33.0. The van der Waals surface area contributed by atoms with E-state index in [9.17, 15) is 8.42 Å². The Bertz CT molecular complexity index is 527. The van der Waals surface area contributed by atoms with Crippen molar-refractivity contribution in [3.05, 3.63) is 22.7 Å². The Morgan fingerprint density at radius 1 is 1.50 bits per heavy atom. The van der Waals surface area contributed by atoms with Gasteiger partial charge in [0.15, 0.2) is 0 Å². The topological polar surface area (TPSA) is 67.4 Å². The molecule has 1 aromatic rings. The normalized spacial score (nSPS) is 20.0. The predicted molar refractivity (Wildman–Crippen MR) is 72.3 cm³/mol. The molecule has 0 radical (unpaired) electrons. The number of benzene rings is 1. The fourth-order valence-electron chi connectivity index (χ4n) is 1.90. The second-order valence-corrected chi connectivity index (χ2v) is 6.70. The molecule has 1 heterocycles. The Kier molecular flexibility index (Phi) is 4.26. The monoisotopic (exact) mass is 334 g/mol. The fraction of sp³-hybridized carbons (Fsp3) is 0.455. The summed E-state index contributed by atoms with van der Waals surface area (Å²) in [5.74, 6) is 0.344. The maximum Gasteiger partial charge on any atom is 0.244 e. The molecular formula is C11H15BrN2O3S. The summed E-state index contributed by atoms with van der Waals surface area (Å²) in [6.07, 6.45) is 0.801. The van der Waals surface area contributed by atoms with Crippen molar-refractivity contribution >= 4 is 26.0 Å². The molecule has 1 saturated heterocycles. The number of ether oxygens (including phenoxy) is 1. The standard InChI is InChI=1S/C11H15BrN2O3S/c1-17-10-3-2-8(12)6-11(10)18(15,16)14-9-4-5-13-7-9/h2-3,6,9,13-14H,4-5,7H2,1H3/t9-/m0/s1. The average Bonchev–Trinajstić information content (AvgIpc) is 2.81. The third-order valence-corrected chi connectivity index (χ3v) is 4.83. The van der Waals surface area contributed by atoms with E-state index in [1.54, 1.807) is 18.2 Å². The molecular weight excluding hydrogens is 320 g/mol. The van der Waals surface area contributed by atoms with E-state index in [2.05, 4.69) is 26.0 Å². The van der Waals surface area contributed by atoms with Crippen LogP contribution in [-0.2, 0) is 10.0 Å². The fourth-order valence-corrected chi connectivity index (χ4v) is 3.88. The van der Waals surface area contributed by atoms with Crippen molar-refractivity contribution < 1.29 is 13.2 Å². The van der Waals surface area contributed by atoms with E-state index in [4.69, 9.17) is 4.74 Å². The van der Waals surface area contributed by atoms with Crippen LogP contribution in [0.1, 0.15) is 6.42 Å². The molecule has 0 saturated carbocycles. The molecule has 7 heteroatoms. The summed E-state index contributed by atoms with van der Waals surface area (Å²) in [6, 6.07) is 4.86. The van der Waals surface area contributed by atoms with Crippen molar-refractivity contribution in [2.75, 3.05) is 20.2 Å². The van der Waals surface area contributed by atoms with E-state index in [0.717, 1.165) is 13.0 Å². The van der Waals surface area contributed by atoms with Crippen LogP contribution in [0.5, 0.6) is 5.75 Å². The lowest BCUT2D eigenvalue weighted by atomic mass is 10.3. The van der Waals surface area contributed by atoms with Crippen LogP contribution in [0.4, 0.5) is 0 Å². The Morgan fingerprint density at radius 2 is 2.28 bits per heavy atom. The first-order valence-corrected chi connectivity index (χ1v) is 7.87. The number of hydrogen-bond acceptors (Lipinski definition) is 4. The van der Waals surface area contributed by atoms with E-state index in [-0.39, 0.29) is 10.9 Å². The Hall–Kier alpha value is -0.630. The van der Waals surface area contributed by atoms with Crippen LogP contribution < -0.4 is 14.8 Å². The lowest BCUT2D eigenvalue weighted by Crippen LogP contribution is -2.36. The van der Waals surface area contributed by atoms with Crippen LogP contribution >= 0.6 is 15.9 Å². The minimum Gasteiger partial charge on any atom is -0.495 e. The molecule has 0 unspecified atom stereocenters. The van der Waals surface area contributed by atoms with Gasteiger partial charge in [-0.3, -0.25) is 0 Å². The summed E-state index contributed by atoms with van der Waals surface area (Å²) in [6.45, 7) is 1.50. The lowest BCUT2D eigenvalue weighted by Gasteiger charge is -2.14. The van der Waals surface area contributed by atoms with Crippen molar-refractivity contribution in [3.63, 3.8) is 0 Å². The van der Waals surface area contributed by atoms with Crippen LogP contribution in [0.3, 0.4) is 0 Å². The molecule has 1 atom stereocenters. The van der Waals surface area contributed by atoms with Crippen molar-refractivity contribution in [1.29, 1.82) is 0 Å². The molecule has 0 amide bonds. The molecule has 5 nitrogen and oxygen atoms in total. The second kappa shape index (κ2) is 5.56. The van der Waals surface area contributed by atoms with Gasteiger partial charge in [0, 0.05) is 17.1 Å². The summed E-state index contributed by atoms with van der Waals surface area (Å²) in [5.41, 5.74) is 0. The first kappa shape index (κ1) is 13.8. The van der Waals surface area contributed by atoms with Crippen LogP contribution in [0.25, 0.3) is 0 Å². The molecule has 2 rings (SSSR count). The maximum absolute atomic E-state index is 12.3. The number of methoxy groups -OCH3 is 1. The highest BCUT2D eigenvalue weighted by Gasteiger charge is 2.25. The van der Waals surface area contributed by atoms with Gasteiger partial charge in [0.05, 0.1) is 7.11 Å². The Labute approximate surface area is 115 Å². The molecule has 0 bridgehead atoms. The van der Waals surface area contributed by atoms with E-state index < -0.39 is 10.0 Å². The van der Waals surface area contributed by atoms with Gasteiger partial charge in [0.1, 0.15) is 10.6 Å². The van der Waals surface area contributed by atoms with Gasteiger partial charge >= 0.3 is 0 Å². The first-order valence-electron chi connectivity index (χ1n) is 5.59. The highest BCUT2D eigenvalue weighted by Crippen LogP contribution is 2.27. The van der Waals surface area contributed by atoms with Crippen molar-refractivity contribution in [2.45, 2.75) is 17.4 Å². The number of hydrogen-bond donors (Lipinski definition) is 2. The summed E-state index contributed by atoms with van der Waals surface area (Å²) >= 11 is 3.27. The summed E-state index contributed by atoms with van der Waals surface area (Å²) in [5, 5.41) is 3.12. The average molecular weight is 335 g/mol. The molecule has 1 aromatic carbocycles. The van der Waals surface area contributed by atoms with Gasteiger partial charge in [-0.25, -0.2) is 13.1 Å². The molecule has 0 spiro atoms. The minimum absolute atomic E-state index is 0.0568. The highest BCUT2D eigenvalue weighted by molar-refractivity contribution is 9.10. The molecule has 100 valence electrons. The zero-order chi connectivity index (χ0) is 13.2. The van der Waals surface area contributed by atoms with E-state index in [0.29, 0.717) is 16.8 Å². The number of rotatable bonds is 4. The maximum atomic E-state index is 12.3. The molecule has 2 N–H and O–H groups in total. The quantitative estimate of drug-likeness (QED) is 0.865. The van der Waals surface area contributed by atoms with Crippen LogP contribution in [0.2, 0.25) is 0 Å². The Morgan fingerprint density at radius 3 is 2.89 bits per heavy atom. The SMILES string of the molecule is COc1ccc(Br)cc1S(=O)(=O)N[C@H]1CCNC1. The number of halogens is 1. The molecule has 0 aliphatic carbocycles. The van der Waals surface area contributed by atoms with Crippen LogP contribution in [-0.4, -0.2) is 34.7 Å². The van der Waals surface area contributed by atoms with Gasteiger partial charge in [-0.2, -0.15) is 0 Å². The molecule has 1 aliphatic rings. The summed E-state index contributed by atoms with van der Waals surface area (Å²) in [7, 11) is -2.10. The Balaban J connectivity index is 2.30. The zero-order valence-corrected chi connectivity index (χ0v) is 12.3. The molecule has 1 aliphatic heterocycles. The van der Waals surface area contributed by atoms with Gasteiger partial charge in [-0.05, 0) is 31.2 Å². The number of sulfonamides is 1. The van der Waals surface area contributed by atoms with Crippen molar-refractivity contribution in [2.24, 2.45) is 0 Å². The van der Waals surface area contributed by atoms with Gasteiger partial charge in [0.2, 0.25) is 10.0 Å². The highest BCUT2D eigenvalue weighted by atomic mass is 79.9. The minimum atomic E-state index is -3.55. The van der Waals surface area contributed by atoms with Crippen molar-refractivity contribution in [1.82, 2.24) is 10.0 Å². The van der Waals surface area contributed by atoms with Crippen molar-refractivity contribution in [3.8, 4) is 5.75 Å². The van der Waals surface area contributed by atoms with Gasteiger partial charge in [-0.15, -0.1) is 0 Å². The second-order valence-electron chi connectivity index (χ2n) is 4.11. The third kappa shape index (κ3) is 3.03. The number of nitrogens with one attached hydrogen (secondary N) is 2. The molecule has 18 heavy (non-hydrogen) atoms. The first-order chi connectivity index (χ1) is 8.53. The third-order valence-electron chi connectivity index (χ3n) is 2.80. The molecule has 1 fully saturated rings. The van der Waals surface area contributed by atoms with Gasteiger partial charge in [-0.1, -0.05) is 15.9 Å². The van der Waals surface area contributed by atoms with E-state index >= 15 is 0 Å². The van der Waals surface area contributed by atoms with Gasteiger partial charge < -0.3 is 10.1 Å². The largest absolute Gasteiger partial charge is 0.495 e. The summed E-state index contributed by atoms with van der Waals surface area (Å²) in [4.78, 5) is 0.159. The van der Waals surface area contributed by atoms with Gasteiger partial charge in [0.25, 0.3) is 0 Å². The lowest BCUT2D eigenvalue weighted by molar-refractivity contribution is 0.402. The van der Waals surface area contributed by atoms with Crippen LogP contribution in [0.15, 0.2) is 27.6 Å².